The van der Waals surface area contributed by atoms with Gasteiger partial charge < -0.3 is 10.6 Å². The second kappa shape index (κ2) is 8.03. The number of aromatic nitrogens is 1. The van der Waals surface area contributed by atoms with Crippen LogP contribution in [0.1, 0.15) is 11.1 Å². The van der Waals surface area contributed by atoms with Crippen molar-refractivity contribution in [2.45, 2.75) is 23.6 Å². The van der Waals surface area contributed by atoms with E-state index in [1.54, 1.807) is 0 Å². The second-order valence-electron chi connectivity index (χ2n) is 6.57. The predicted molar refractivity (Wildman–Crippen MR) is 113 cm³/mol. The number of nitrogens with one attached hydrogen (secondary N) is 2. The number of pyridine rings is 1. The van der Waals surface area contributed by atoms with Gasteiger partial charge in [0, 0.05) is 11.4 Å². The first-order chi connectivity index (χ1) is 13.9. The Kier molecular flexibility index (Phi) is 5.81. The van der Waals surface area contributed by atoms with E-state index in [-0.39, 0.29) is 9.79 Å². The summed E-state index contributed by atoms with van der Waals surface area (Å²) in [7, 11) is -8.53. The van der Waals surface area contributed by atoms with Crippen LogP contribution in [-0.4, -0.2) is 30.9 Å². The van der Waals surface area contributed by atoms with E-state index in [1.165, 1.54) is 48.5 Å². The number of nitrogens with zero attached hydrogens (tertiary/aromatic N) is 1. The van der Waals surface area contributed by atoms with Gasteiger partial charge in [-0.05, 0) is 79.6 Å². The highest BCUT2D eigenvalue weighted by atomic mass is 32.2. The van der Waals surface area contributed by atoms with Gasteiger partial charge in [-0.1, -0.05) is 0 Å². The molecule has 0 aliphatic carbocycles. The first kappa shape index (κ1) is 21.7. The monoisotopic (exact) mass is 449 g/mol. The fraction of sp³-hybridized carbons (Fsp3) is 0.105. The Morgan fingerprint density at radius 3 is 1.30 bits per heavy atom. The molecule has 0 saturated heterocycles. The highest BCUT2D eigenvalue weighted by Gasteiger charge is 2.12. The molecule has 1 aromatic heterocycles. The van der Waals surface area contributed by atoms with Crippen molar-refractivity contribution in [2.75, 3.05) is 10.6 Å². The molecule has 11 heteroatoms. The molecule has 0 radical (unpaired) electrons. The van der Waals surface area contributed by atoms with Crippen molar-refractivity contribution < 1.29 is 25.9 Å². The van der Waals surface area contributed by atoms with E-state index in [0.717, 1.165) is 11.1 Å². The molecule has 30 heavy (non-hydrogen) atoms. The SMILES string of the molecule is Cc1cc(C)c(Nc2ccc(S(=O)(=O)O)cc2)nc1Nc1ccc(S(=O)(=O)O)cc1. The molecule has 0 bridgehead atoms. The number of anilines is 4. The van der Waals surface area contributed by atoms with Crippen LogP contribution in [0.3, 0.4) is 0 Å². The quantitative estimate of drug-likeness (QED) is 0.414. The summed E-state index contributed by atoms with van der Waals surface area (Å²) in [6.07, 6.45) is 0. The van der Waals surface area contributed by atoms with Gasteiger partial charge in [-0.3, -0.25) is 9.11 Å². The topological polar surface area (TPSA) is 146 Å². The molecule has 0 fully saturated rings. The molecule has 9 nitrogen and oxygen atoms in total. The van der Waals surface area contributed by atoms with E-state index < -0.39 is 20.2 Å². The Morgan fingerprint density at radius 2 is 1.00 bits per heavy atom. The third-order valence-electron chi connectivity index (χ3n) is 4.23. The molecule has 0 atom stereocenters. The largest absolute Gasteiger partial charge is 0.340 e. The third kappa shape index (κ3) is 5.13. The Bertz CT molecular complexity index is 1190. The molecule has 0 amide bonds. The Balaban J connectivity index is 1.85. The molecule has 4 N–H and O–H groups in total. The minimum absolute atomic E-state index is 0.211. The van der Waals surface area contributed by atoms with Gasteiger partial charge >= 0.3 is 0 Å². The van der Waals surface area contributed by atoms with E-state index in [4.69, 9.17) is 9.11 Å². The minimum atomic E-state index is -4.27. The average Bonchev–Trinajstić information content (AvgIpc) is 2.65. The van der Waals surface area contributed by atoms with Crippen LogP contribution in [0.15, 0.2) is 64.4 Å². The van der Waals surface area contributed by atoms with Crippen molar-refractivity contribution in [1.82, 2.24) is 4.98 Å². The van der Waals surface area contributed by atoms with Crippen molar-refractivity contribution in [1.29, 1.82) is 0 Å². The van der Waals surface area contributed by atoms with Crippen LogP contribution in [0.2, 0.25) is 0 Å². The van der Waals surface area contributed by atoms with Gasteiger partial charge in [-0.15, -0.1) is 0 Å². The lowest BCUT2D eigenvalue weighted by Gasteiger charge is -2.15. The summed E-state index contributed by atoms with van der Waals surface area (Å²) in [5, 5.41) is 6.19. The first-order valence-corrected chi connectivity index (χ1v) is 11.5. The van der Waals surface area contributed by atoms with Crippen molar-refractivity contribution >= 4 is 43.2 Å². The molecular formula is C19H19N3O6S2. The summed E-state index contributed by atoms with van der Waals surface area (Å²) >= 11 is 0. The summed E-state index contributed by atoms with van der Waals surface area (Å²) in [5.41, 5.74) is 2.84. The molecule has 0 spiro atoms. The Labute approximate surface area is 174 Å². The number of rotatable bonds is 6. The summed E-state index contributed by atoms with van der Waals surface area (Å²) in [4.78, 5) is 4.13. The van der Waals surface area contributed by atoms with Gasteiger partial charge in [0.25, 0.3) is 20.2 Å². The van der Waals surface area contributed by atoms with Gasteiger partial charge in [-0.2, -0.15) is 16.8 Å². The maximum atomic E-state index is 11.2. The zero-order valence-corrected chi connectivity index (χ0v) is 17.6. The number of hydrogen-bond acceptors (Lipinski definition) is 7. The van der Waals surface area contributed by atoms with Crippen LogP contribution in [-0.2, 0) is 20.2 Å². The highest BCUT2D eigenvalue weighted by molar-refractivity contribution is 7.86. The van der Waals surface area contributed by atoms with Crippen molar-refractivity contribution in [3.63, 3.8) is 0 Å². The summed E-state index contributed by atoms with van der Waals surface area (Å²) < 4.78 is 62.8. The minimum Gasteiger partial charge on any atom is -0.340 e. The second-order valence-corrected chi connectivity index (χ2v) is 9.41. The van der Waals surface area contributed by atoms with E-state index in [2.05, 4.69) is 15.6 Å². The molecule has 0 aliphatic heterocycles. The normalized spacial score (nSPS) is 11.9. The van der Waals surface area contributed by atoms with Gasteiger partial charge in [0.2, 0.25) is 0 Å². The fourth-order valence-corrected chi connectivity index (χ4v) is 3.66. The average molecular weight is 450 g/mol. The zero-order valence-electron chi connectivity index (χ0n) is 16.0. The van der Waals surface area contributed by atoms with Gasteiger partial charge in [0.1, 0.15) is 11.6 Å². The summed E-state index contributed by atoms with van der Waals surface area (Å²) in [5.74, 6) is 1.05. The lowest BCUT2D eigenvalue weighted by atomic mass is 10.2. The lowest BCUT2D eigenvalue weighted by Crippen LogP contribution is -2.04. The van der Waals surface area contributed by atoms with Crippen molar-refractivity contribution in [3.8, 4) is 0 Å². The van der Waals surface area contributed by atoms with E-state index >= 15 is 0 Å². The van der Waals surface area contributed by atoms with Crippen molar-refractivity contribution in [3.05, 3.63) is 65.7 Å². The number of benzene rings is 2. The zero-order chi connectivity index (χ0) is 22.1. The number of hydrogen-bond donors (Lipinski definition) is 4. The maximum absolute atomic E-state index is 11.2. The highest BCUT2D eigenvalue weighted by Crippen LogP contribution is 2.27. The molecule has 3 rings (SSSR count). The number of aryl methyl sites for hydroxylation is 2. The van der Waals surface area contributed by atoms with Gasteiger partial charge in [0.15, 0.2) is 0 Å². The fourth-order valence-electron chi connectivity index (χ4n) is 2.70. The van der Waals surface area contributed by atoms with E-state index in [0.29, 0.717) is 23.0 Å². The summed E-state index contributed by atoms with van der Waals surface area (Å²) in [6.45, 7) is 3.72. The van der Waals surface area contributed by atoms with Crippen LogP contribution < -0.4 is 10.6 Å². The van der Waals surface area contributed by atoms with Crippen molar-refractivity contribution in [2.24, 2.45) is 0 Å². The molecule has 0 saturated carbocycles. The molecule has 0 unspecified atom stereocenters. The van der Waals surface area contributed by atoms with E-state index in [9.17, 15) is 16.8 Å². The van der Waals surface area contributed by atoms with Crippen LogP contribution in [0.4, 0.5) is 23.0 Å². The molecule has 0 aliphatic rings. The standard InChI is InChI=1S/C19H19N3O6S2/c1-12-11-13(2)19(21-15-5-9-17(10-6-15)30(26,27)28)22-18(12)20-14-3-7-16(8-4-14)29(23,24)25/h3-11H,1-2H3,(H2,20,21,22)(H,23,24,25)(H,26,27,28). The first-order valence-electron chi connectivity index (χ1n) is 8.61. The Morgan fingerprint density at radius 1 is 0.667 bits per heavy atom. The molecular weight excluding hydrogens is 430 g/mol. The molecule has 3 aromatic rings. The molecule has 2 aromatic carbocycles. The van der Waals surface area contributed by atoms with Crippen LogP contribution in [0.25, 0.3) is 0 Å². The van der Waals surface area contributed by atoms with Gasteiger partial charge in [0.05, 0.1) is 9.79 Å². The summed E-state index contributed by atoms with van der Waals surface area (Å²) in [6, 6.07) is 13.0. The Hall–Kier alpha value is -2.99. The predicted octanol–water partition coefficient (Wildman–Crippen LogP) is 3.68. The van der Waals surface area contributed by atoms with Crippen LogP contribution in [0.5, 0.6) is 0 Å². The van der Waals surface area contributed by atoms with E-state index in [1.807, 2.05) is 19.9 Å². The maximum Gasteiger partial charge on any atom is 0.294 e. The van der Waals surface area contributed by atoms with Crippen LogP contribution in [0, 0.1) is 13.8 Å². The molecule has 1 heterocycles. The lowest BCUT2D eigenvalue weighted by molar-refractivity contribution is 0.481. The third-order valence-corrected chi connectivity index (χ3v) is 5.97. The van der Waals surface area contributed by atoms with Gasteiger partial charge in [-0.25, -0.2) is 4.98 Å². The van der Waals surface area contributed by atoms with Crippen LogP contribution >= 0.6 is 0 Å². The smallest absolute Gasteiger partial charge is 0.294 e. The molecule has 158 valence electrons.